The van der Waals surface area contributed by atoms with Crippen molar-refractivity contribution in [1.29, 1.82) is 0 Å². The summed E-state index contributed by atoms with van der Waals surface area (Å²) >= 11 is 6.01. The van der Waals surface area contributed by atoms with Gasteiger partial charge < -0.3 is 4.90 Å². The Kier molecular flexibility index (Phi) is 5.82. The lowest BCUT2D eigenvalue weighted by atomic mass is 10.2. The first kappa shape index (κ1) is 20.8. The minimum atomic E-state index is -0.366. The molecule has 4 nitrogen and oxygen atoms in total. The van der Waals surface area contributed by atoms with Crippen LogP contribution in [-0.2, 0) is 11.2 Å². The van der Waals surface area contributed by atoms with Gasteiger partial charge in [0.15, 0.2) is 0 Å². The van der Waals surface area contributed by atoms with Gasteiger partial charge in [0.1, 0.15) is 17.5 Å². The van der Waals surface area contributed by atoms with Crippen molar-refractivity contribution in [1.82, 2.24) is 9.55 Å². The zero-order chi connectivity index (χ0) is 22.0. The van der Waals surface area contributed by atoms with Crippen molar-refractivity contribution in [3.05, 3.63) is 101 Å². The molecule has 0 saturated heterocycles. The number of likely N-dealkylation sites (N-methyl/N-ethyl adjacent to an activating group) is 1. The summed E-state index contributed by atoms with van der Waals surface area (Å²) in [6, 6.07) is 18.9. The van der Waals surface area contributed by atoms with Crippen LogP contribution >= 0.6 is 11.6 Å². The summed E-state index contributed by atoms with van der Waals surface area (Å²) in [6.07, 6.45) is 1.82. The van der Waals surface area contributed by atoms with Crippen molar-refractivity contribution in [3.8, 4) is 17.1 Å². The molecule has 0 N–H and O–H groups in total. The van der Waals surface area contributed by atoms with E-state index in [-0.39, 0.29) is 24.0 Å². The smallest absolute Gasteiger partial charge is 0.232 e. The number of carbonyl (C=O) groups is 1. The highest BCUT2D eigenvalue weighted by Crippen LogP contribution is 2.25. The monoisotopic (exact) mass is 437 g/mol. The van der Waals surface area contributed by atoms with Crippen LogP contribution < -0.4 is 4.90 Å². The van der Waals surface area contributed by atoms with Gasteiger partial charge in [-0.1, -0.05) is 11.6 Å². The molecular formula is C24H18ClF2N3O. The van der Waals surface area contributed by atoms with Gasteiger partial charge in [-0.15, -0.1) is 0 Å². The number of nitrogens with zero attached hydrogens (tertiary/aromatic N) is 3. The molecule has 0 unspecified atom stereocenters. The summed E-state index contributed by atoms with van der Waals surface area (Å²) < 4.78 is 28.4. The van der Waals surface area contributed by atoms with Gasteiger partial charge in [-0.05, 0) is 72.8 Å². The SMILES string of the molecule is CN(C(=O)Cc1cn(-c2ccc(Cl)cc2)c(-c2ccc(F)cc2)n1)c1ccc(F)cc1. The summed E-state index contributed by atoms with van der Waals surface area (Å²) in [5.74, 6) is -0.326. The maximum absolute atomic E-state index is 13.4. The van der Waals surface area contributed by atoms with Gasteiger partial charge in [-0.25, -0.2) is 13.8 Å². The van der Waals surface area contributed by atoms with E-state index in [1.807, 2.05) is 16.7 Å². The van der Waals surface area contributed by atoms with E-state index in [4.69, 9.17) is 11.6 Å². The Balaban J connectivity index is 1.67. The number of amides is 1. The van der Waals surface area contributed by atoms with E-state index in [9.17, 15) is 13.6 Å². The molecule has 0 radical (unpaired) electrons. The van der Waals surface area contributed by atoms with E-state index >= 15 is 0 Å². The normalized spacial score (nSPS) is 10.8. The van der Waals surface area contributed by atoms with Crippen molar-refractivity contribution in [2.45, 2.75) is 6.42 Å². The second kappa shape index (κ2) is 8.70. The number of rotatable bonds is 5. The summed E-state index contributed by atoms with van der Waals surface area (Å²) in [5, 5.41) is 0.600. The number of hydrogen-bond donors (Lipinski definition) is 0. The number of benzene rings is 3. The van der Waals surface area contributed by atoms with Gasteiger partial charge in [0, 0.05) is 35.2 Å². The molecule has 3 aromatic carbocycles. The van der Waals surface area contributed by atoms with Crippen molar-refractivity contribution in [2.24, 2.45) is 0 Å². The summed E-state index contributed by atoms with van der Waals surface area (Å²) in [5.41, 5.74) is 2.65. The van der Waals surface area contributed by atoms with Gasteiger partial charge in [0.05, 0.1) is 12.1 Å². The third kappa shape index (κ3) is 4.64. The topological polar surface area (TPSA) is 38.1 Å². The molecule has 0 saturated carbocycles. The summed E-state index contributed by atoms with van der Waals surface area (Å²) in [6.45, 7) is 0. The fourth-order valence-electron chi connectivity index (χ4n) is 3.20. The average Bonchev–Trinajstić information content (AvgIpc) is 3.18. The molecule has 1 heterocycles. The van der Waals surface area contributed by atoms with Crippen LogP contribution in [0.2, 0.25) is 5.02 Å². The second-order valence-corrected chi connectivity index (χ2v) is 7.45. The van der Waals surface area contributed by atoms with Crippen LogP contribution in [0.5, 0.6) is 0 Å². The second-order valence-electron chi connectivity index (χ2n) is 7.02. The van der Waals surface area contributed by atoms with Gasteiger partial charge in [-0.2, -0.15) is 0 Å². The maximum atomic E-state index is 13.4. The van der Waals surface area contributed by atoms with Crippen LogP contribution in [0.25, 0.3) is 17.1 Å². The first-order chi connectivity index (χ1) is 14.9. The largest absolute Gasteiger partial charge is 0.315 e. The molecule has 0 fully saturated rings. The molecule has 1 amide bonds. The molecule has 0 aliphatic rings. The van der Waals surface area contributed by atoms with Gasteiger partial charge >= 0.3 is 0 Å². The molecule has 0 aliphatic carbocycles. The van der Waals surface area contributed by atoms with Crippen molar-refractivity contribution < 1.29 is 13.6 Å². The van der Waals surface area contributed by atoms with Gasteiger partial charge in [0.2, 0.25) is 5.91 Å². The van der Waals surface area contributed by atoms with E-state index in [1.165, 1.54) is 29.2 Å². The third-order valence-electron chi connectivity index (χ3n) is 4.88. The highest BCUT2D eigenvalue weighted by atomic mass is 35.5. The zero-order valence-electron chi connectivity index (χ0n) is 16.6. The molecule has 0 bridgehead atoms. The number of hydrogen-bond acceptors (Lipinski definition) is 2. The molecule has 0 aliphatic heterocycles. The number of anilines is 1. The van der Waals surface area contributed by atoms with Crippen molar-refractivity contribution >= 4 is 23.2 Å². The molecular weight excluding hydrogens is 420 g/mol. The van der Waals surface area contributed by atoms with E-state index in [0.717, 1.165) is 5.69 Å². The molecule has 4 aromatic rings. The Bertz CT molecular complexity index is 1140. The molecule has 4 rings (SSSR count). The molecule has 1 aromatic heterocycles. The summed E-state index contributed by atoms with van der Waals surface area (Å²) in [7, 11) is 1.63. The first-order valence-corrected chi connectivity index (χ1v) is 9.91. The summed E-state index contributed by atoms with van der Waals surface area (Å²) in [4.78, 5) is 18.9. The van der Waals surface area contributed by atoms with E-state index in [1.54, 1.807) is 49.6 Å². The number of carbonyl (C=O) groups excluding carboxylic acids is 1. The quantitative estimate of drug-likeness (QED) is 0.403. The zero-order valence-corrected chi connectivity index (χ0v) is 17.4. The Morgan fingerprint density at radius 2 is 1.52 bits per heavy atom. The van der Waals surface area contributed by atoms with Crippen LogP contribution in [0.1, 0.15) is 5.69 Å². The minimum Gasteiger partial charge on any atom is -0.315 e. The molecule has 31 heavy (non-hydrogen) atoms. The van der Waals surface area contributed by atoms with Crippen LogP contribution in [-0.4, -0.2) is 22.5 Å². The Labute approximate surface area is 183 Å². The van der Waals surface area contributed by atoms with E-state index < -0.39 is 0 Å². The molecule has 0 atom stereocenters. The maximum Gasteiger partial charge on any atom is 0.232 e. The van der Waals surface area contributed by atoms with Crippen LogP contribution in [0, 0.1) is 11.6 Å². The predicted octanol–water partition coefficient (Wildman–Crippen LogP) is 5.68. The Morgan fingerprint density at radius 3 is 2.13 bits per heavy atom. The first-order valence-electron chi connectivity index (χ1n) is 9.53. The Hall–Kier alpha value is -3.51. The molecule has 7 heteroatoms. The number of halogens is 3. The lowest BCUT2D eigenvalue weighted by Gasteiger charge is -2.16. The minimum absolute atomic E-state index is 0.0443. The average molecular weight is 438 g/mol. The number of aromatic nitrogens is 2. The van der Waals surface area contributed by atoms with E-state index in [2.05, 4.69) is 4.98 Å². The lowest BCUT2D eigenvalue weighted by Crippen LogP contribution is -2.27. The highest BCUT2D eigenvalue weighted by Gasteiger charge is 2.17. The van der Waals surface area contributed by atoms with Gasteiger partial charge in [0.25, 0.3) is 0 Å². The fourth-order valence-corrected chi connectivity index (χ4v) is 3.32. The Morgan fingerprint density at radius 1 is 0.935 bits per heavy atom. The van der Waals surface area contributed by atoms with Gasteiger partial charge in [-0.3, -0.25) is 9.36 Å². The molecule has 0 spiro atoms. The molecule has 156 valence electrons. The number of imidazole rings is 1. The highest BCUT2D eigenvalue weighted by molar-refractivity contribution is 6.30. The van der Waals surface area contributed by atoms with Crippen molar-refractivity contribution in [2.75, 3.05) is 11.9 Å². The predicted molar refractivity (Wildman–Crippen MR) is 117 cm³/mol. The van der Waals surface area contributed by atoms with Crippen LogP contribution in [0.15, 0.2) is 79.0 Å². The standard InChI is InChI=1S/C24H18ClF2N3O/c1-29(21-12-8-19(27)9-13-21)23(31)14-20-15-30(22-10-4-17(25)5-11-22)24(28-20)16-2-6-18(26)7-3-16/h2-13,15H,14H2,1H3. The van der Waals surface area contributed by atoms with E-state index in [0.29, 0.717) is 27.8 Å². The van der Waals surface area contributed by atoms with Crippen LogP contribution in [0.4, 0.5) is 14.5 Å². The van der Waals surface area contributed by atoms with Crippen LogP contribution in [0.3, 0.4) is 0 Å². The fraction of sp³-hybridized carbons (Fsp3) is 0.0833. The third-order valence-corrected chi connectivity index (χ3v) is 5.14. The van der Waals surface area contributed by atoms with Crippen molar-refractivity contribution in [3.63, 3.8) is 0 Å². The lowest BCUT2D eigenvalue weighted by molar-refractivity contribution is -0.117.